The smallest absolute Gasteiger partial charge is 0.308 e. The fourth-order valence-electron chi connectivity index (χ4n) is 4.17. The van der Waals surface area contributed by atoms with Crippen molar-refractivity contribution in [2.24, 2.45) is 11.8 Å². The molecule has 5 nitrogen and oxygen atoms in total. The van der Waals surface area contributed by atoms with Crippen molar-refractivity contribution in [2.45, 2.75) is 32.7 Å². The first-order chi connectivity index (χ1) is 12.0. The Balaban J connectivity index is 1.60. The van der Waals surface area contributed by atoms with E-state index in [4.69, 9.17) is 5.10 Å². The van der Waals surface area contributed by atoms with Gasteiger partial charge in [-0.05, 0) is 55.0 Å². The molecular formula is C19H22FN3O2. The molecule has 2 heterocycles. The number of carbonyl (C=O) groups is 1. The standard InChI is InChI=1S/C19H22FN3O2/c1-12-9-22(10-16(12)19(24)25)11-17-15-3-2-4-18(15)23(21-17)14-7-5-13(20)6-8-14/h5-8,12,16H,2-4,9-11H2,1H3,(H,24,25)/t12-,16-/m1/s1. The first-order valence-corrected chi connectivity index (χ1v) is 8.83. The van der Waals surface area contributed by atoms with Crippen molar-refractivity contribution in [3.05, 3.63) is 47.0 Å². The zero-order valence-corrected chi connectivity index (χ0v) is 14.3. The lowest BCUT2D eigenvalue weighted by Crippen LogP contribution is -2.23. The second kappa shape index (κ2) is 6.26. The van der Waals surface area contributed by atoms with E-state index in [1.807, 2.05) is 11.6 Å². The van der Waals surface area contributed by atoms with Crippen molar-refractivity contribution >= 4 is 5.97 Å². The summed E-state index contributed by atoms with van der Waals surface area (Å²) in [6.07, 6.45) is 3.10. The monoisotopic (exact) mass is 343 g/mol. The van der Waals surface area contributed by atoms with Crippen LogP contribution in [0.3, 0.4) is 0 Å². The predicted molar refractivity (Wildman–Crippen MR) is 91.1 cm³/mol. The van der Waals surface area contributed by atoms with Gasteiger partial charge in [-0.3, -0.25) is 9.69 Å². The number of benzene rings is 1. The highest BCUT2D eigenvalue weighted by molar-refractivity contribution is 5.71. The van der Waals surface area contributed by atoms with Gasteiger partial charge in [-0.25, -0.2) is 9.07 Å². The number of carboxylic acid groups (broad SMARTS) is 1. The third-order valence-corrected chi connectivity index (χ3v) is 5.46. The number of aromatic nitrogens is 2. The van der Waals surface area contributed by atoms with E-state index in [1.54, 1.807) is 12.1 Å². The van der Waals surface area contributed by atoms with E-state index in [0.29, 0.717) is 13.1 Å². The molecule has 6 heteroatoms. The molecule has 0 radical (unpaired) electrons. The van der Waals surface area contributed by atoms with Gasteiger partial charge in [-0.1, -0.05) is 6.92 Å². The zero-order chi connectivity index (χ0) is 17.6. The van der Waals surface area contributed by atoms with Gasteiger partial charge in [0, 0.05) is 25.3 Å². The number of likely N-dealkylation sites (tertiary alicyclic amines) is 1. The minimum Gasteiger partial charge on any atom is -0.481 e. The maximum absolute atomic E-state index is 13.2. The van der Waals surface area contributed by atoms with Gasteiger partial charge >= 0.3 is 5.97 Å². The highest BCUT2D eigenvalue weighted by Crippen LogP contribution is 2.31. The second-order valence-corrected chi connectivity index (χ2v) is 7.23. The fourth-order valence-corrected chi connectivity index (χ4v) is 4.17. The highest BCUT2D eigenvalue weighted by Gasteiger charge is 2.35. The summed E-state index contributed by atoms with van der Waals surface area (Å²) in [6.45, 7) is 4.05. The van der Waals surface area contributed by atoms with Crippen molar-refractivity contribution < 1.29 is 14.3 Å². The number of rotatable bonds is 4. The lowest BCUT2D eigenvalue weighted by atomic mass is 9.99. The number of nitrogens with zero attached hydrogens (tertiary/aromatic N) is 3. The van der Waals surface area contributed by atoms with Crippen LogP contribution < -0.4 is 0 Å². The molecule has 0 bridgehead atoms. The van der Waals surface area contributed by atoms with Crippen molar-refractivity contribution in [3.63, 3.8) is 0 Å². The van der Waals surface area contributed by atoms with Gasteiger partial charge in [0.1, 0.15) is 5.82 Å². The molecule has 1 aromatic heterocycles. The zero-order valence-electron chi connectivity index (χ0n) is 14.3. The number of hydrogen-bond acceptors (Lipinski definition) is 3. The lowest BCUT2D eigenvalue weighted by Gasteiger charge is -2.14. The van der Waals surface area contributed by atoms with Gasteiger partial charge in [0.25, 0.3) is 0 Å². The van der Waals surface area contributed by atoms with Crippen LogP contribution in [0.2, 0.25) is 0 Å². The molecule has 1 aliphatic heterocycles. The number of hydrogen-bond donors (Lipinski definition) is 1. The molecule has 1 saturated heterocycles. The summed E-state index contributed by atoms with van der Waals surface area (Å²) in [5.74, 6) is -1.10. The SMILES string of the molecule is C[C@@H]1CN(Cc2nn(-c3ccc(F)cc3)c3c2CCC3)C[C@H]1C(=O)O. The van der Waals surface area contributed by atoms with E-state index in [9.17, 15) is 14.3 Å². The van der Waals surface area contributed by atoms with E-state index in [-0.39, 0.29) is 17.7 Å². The molecule has 4 rings (SSSR count). The molecule has 0 amide bonds. The van der Waals surface area contributed by atoms with Gasteiger partial charge in [0.2, 0.25) is 0 Å². The number of fused-ring (bicyclic) bond motifs is 1. The van der Waals surface area contributed by atoms with Crippen LogP contribution in [0.4, 0.5) is 4.39 Å². The Kier molecular flexibility index (Phi) is 4.07. The van der Waals surface area contributed by atoms with Crippen LogP contribution in [0.25, 0.3) is 5.69 Å². The molecule has 2 aromatic rings. The maximum atomic E-state index is 13.2. The summed E-state index contributed by atoms with van der Waals surface area (Å²) in [5, 5.41) is 14.1. The molecule has 0 spiro atoms. The van der Waals surface area contributed by atoms with Crippen molar-refractivity contribution in [1.82, 2.24) is 14.7 Å². The number of aliphatic carboxylic acids is 1. The minimum atomic E-state index is -0.711. The van der Waals surface area contributed by atoms with E-state index in [0.717, 1.165) is 37.2 Å². The summed E-state index contributed by atoms with van der Waals surface area (Å²) < 4.78 is 15.1. The third kappa shape index (κ3) is 2.95. The summed E-state index contributed by atoms with van der Waals surface area (Å²) in [4.78, 5) is 13.5. The highest BCUT2D eigenvalue weighted by atomic mass is 19.1. The van der Waals surface area contributed by atoms with Crippen LogP contribution in [0, 0.1) is 17.7 Å². The summed E-state index contributed by atoms with van der Waals surface area (Å²) in [6, 6.07) is 6.42. The third-order valence-electron chi connectivity index (χ3n) is 5.46. The molecular weight excluding hydrogens is 321 g/mol. The Bertz CT molecular complexity index is 800. The van der Waals surface area contributed by atoms with Crippen molar-refractivity contribution in [1.29, 1.82) is 0 Å². The summed E-state index contributed by atoms with van der Waals surface area (Å²) >= 11 is 0. The Hall–Kier alpha value is -2.21. The molecule has 132 valence electrons. The number of halogens is 1. The molecule has 1 N–H and O–H groups in total. The predicted octanol–water partition coefficient (Wildman–Crippen LogP) is 2.65. The van der Waals surface area contributed by atoms with Crippen LogP contribution in [-0.4, -0.2) is 38.8 Å². The van der Waals surface area contributed by atoms with E-state index in [2.05, 4.69) is 4.90 Å². The second-order valence-electron chi connectivity index (χ2n) is 7.23. The van der Waals surface area contributed by atoms with E-state index in [1.165, 1.54) is 23.4 Å². The normalized spacial score (nSPS) is 23.1. The van der Waals surface area contributed by atoms with E-state index < -0.39 is 5.97 Å². The van der Waals surface area contributed by atoms with Gasteiger partial charge in [-0.2, -0.15) is 5.10 Å². The molecule has 0 saturated carbocycles. The average molecular weight is 343 g/mol. The molecule has 0 unspecified atom stereocenters. The lowest BCUT2D eigenvalue weighted by molar-refractivity contribution is -0.142. The molecule has 1 aromatic carbocycles. The molecule has 2 atom stereocenters. The van der Waals surface area contributed by atoms with Crippen LogP contribution in [0.15, 0.2) is 24.3 Å². The van der Waals surface area contributed by atoms with Crippen LogP contribution in [-0.2, 0) is 24.2 Å². The Morgan fingerprint density at radius 3 is 2.72 bits per heavy atom. The van der Waals surface area contributed by atoms with Crippen LogP contribution in [0.5, 0.6) is 0 Å². The molecule has 1 fully saturated rings. The Labute approximate surface area is 146 Å². The summed E-state index contributed by atoms with van der Waals surface area (Å²) in [7, 11) is 0. The largest absolute Gasteiger partial charge is 0.481 e. The fraction of sp³-hybridized carbons (Fsp3) is 0.474. The minimum absolute atomic E-state index is 0.157. The van der Waals surface area contributed by atoms with Gasteiger partial charge in [0.15, 0.2) is 0 Å². The van der Waals surface area contributed by atoms with Gasteiger partial charge in [0.05, 0.1) is 17.3 Å². The molecule has 25 heavy (non-hydrogen) atoms. The first kappa shape index (κ1) is 16.3. The average Bonchev–Trinajstić information content (AvgIpc) is 3.25. The van der Waals surface area contributed by atoms with E-state index >= 15 is 0 Å². The van der Waals surface area contributed by atoms with Gasteiger partial charge < -0.3 is 5.11 Å². The van der Waals surface area contributed by atoms with Crippen molar-refractivity contribution in [2.75, 3.05) is 13.1 Å². The van der Waals surface area contributed by atoms with Crippen LogP contribution >= 0.6 is 0 Å². The topological polar surface area (TPSA) is 58.4 Å². The quantitative estimate of drug-likeness (QED) is 0.927. The maximum Gasteiger partial charge on any atom is 0.308 e. The van der Waals surface area contributed by atoms with Crippen molar-refractivity contribution in [3.8, 4) is 5.69 Å². The molecule has 1 aliphatic carbocycles. The first-order valence-electron chi connectivity index (χ1n) is 8.83. The summed E-state index contributed by atoms with van der Waals surface area (Å²) in [5.41, 5.74) is 4.42. The Morgan fingerprint density at radius 1 is 1.28 bits per heavy atom. The number of carboxylic acids is 1. The Morgan fingerprint density at radius 2 is 2.04 bits per heavy atom. The van der Waals surface area contributed by atoms with Crippen LogP contribution in [0.1, 0.15) is 30.3 Å². The van der Waals surface area contributed by atoms with Gasteiger partial charge in [-0.15, -0.1) is 0 Å². The molecule has 2 aliphatic rings.